The van der Waals surface area contributed by atoms with Crippen LogP contribution in [0.25, 0.3) is 0 Å². The van der Waals surface area contributed by atoms with Crippen LogP contribution < -0.4 is 4.80 Å². The molecule has 0 aliphatic heterocycles. The van der Waals surface area contributed by atoms with Gasteiger partial charge in [-0.25, -0.2) is 4.99 Å². The van der Waals surface area contributed by atoms with Gasteiger partial charge in [0.2, 0.25) is 0 Å². The topological polar surface area (TPSA) is 54.6 Å². The van der Waals surface area contributed by atoms with E-state index in [1.165, 1.54) is 23.5 Å². The van der Waals surface area contributed by atoms with Gasteiger partial charge in [-0.2, -0.15) is 13.2 Å². The van der Waals surface area contributed by atoms with Gasteiger partial charge in [0.05, 0.1) is 17.7 Å². The highest BCUT2D eigenvalue weighted by Crippen LogP contribution is 2.36. The lowest BCUT2D eigenvalue weighted by atomic mass is 10.1. The van der Waals surface area contributed by atoms with Gasteiger partial charge in [0, 0.05) is 18.1 Å². The Kier molecular flexibility index (Phi) is 4.41. The van der Waals surface area contributed by atoms with E-state index in [4.69, 9.17) is 5.11 Å². The third-order valence-corrected chi connectivity index (χ3v) is 3.86. The maximum atomic E-state index is 13.2. The van der Waals surface area contributed by atoms with E-state index in [0.717, 1.165) is 10.9 Å². The summed E-state index contributed by atoms with van der Waals surface area (Å²) < 4.78 is 41.1. The zero-order valence-corrected chi connectivity index (χ0v) is 12.6. The Morgan fingerprint density at radius 2 is 2.09 bits per heavy atom. The number of halogens is 3. The number of hydrogen-bond acceptors (Lipinski definition) is 3. The first-order chi connectivity index (χ1) is 10.2. The van der Waals surface area contributed by atoms with Crippen LogP contribution >= 0.6 is 11.3 Å². The molecule has 0 saturated heterocycles. The molecule has 2 rings (SSSR count). The molecular formula is C14H13F3N2O2S. The molecule has 0 bridgehead atoms. The van der Waals surface area contributed by atoms with Crippen LogP contribution in [0.5, 0.6) is 0 Å². The average Bonchev–Trinajstić information content (AvgIpc) is 2.67. The number of thiazole rings is 1. The first-order valence-electron chi connectivity index (χ1n) is 6.26. The summed E-state index contributed by atoms with van der Waals surface area (Å²) in [6.07, 6.45) is -3.29. The molecule has 1 heterocycles. The fourth-order valence-corrected chi connectivity index (χ4v) is 2.81. The Hall–Kier alpha value is -2.09. The van der Waals surface area contributed by atoms with Crippen LogP contribution in [0.4, 0.5) is 18.9 Å². The first kappa shape index (κ1) is 16.3. The predicted molar refractivity (Wildman–Crippen MR) is 76.0 cm³/mol. The predicted octanol–water partition coefficient (Wildman–Crippen LogP) is 3.27. The van der Waals surface area contributed by atoms with Gasteiger partial charge in [-0.15, -0.1) is 11.3 Å². The largest absolute Gasteiger partial charge is 0.481 e. The number of rotatable bonds is 3. The molecule has 0 radical (unpaired) electrons. The van der Waals surface area contributed by atoms with Gasteiger partial charge in [-0.1, -0.05) is 6.07 Å². The quantitative estimate of drug-likeness (QED) is 0.939. The molecule has 4 nitrogen and oxygen atoms in total. The molecule has 0 aliphatic carbocycles. The van der Waals surface area contributed by atoms with Gasteiger partial charge in [-0.05, 0) is 24.6 Å². The minimum absolute atomic E-state index is 0.0884. The van der Waals surface area contributed by atoms with Crippen molar-refractivity contribution in [3.63, 3.8) is 0 Å². The molecule has 8 heteroatoms. The second-order valence-corrected chi connectivity index (χ2v) is 5.98. The van der Waals surface area contributed by atoms with E-state index in [1.54, 1.807) is 17.8 Å². The number of hydrogen-bond donors (Lipinski definition) is 1. The van der Waals surface area contributed by atoms with Crippen molar-refractivity contribution in [1.29, 1.82) is 0 Å². The van der Waals surface area contributed by atoms with Gasteiger partial charge in [-0.3, -0.25) is 4.79 Å². The number of benzene rings is 1. The molecule has 0 saturated carbocycles. The SMILES string of the molecule is Cc1cn(C)c(=Nc2ccc(CC(=O)O)cc2C(F)(F)F)s1. The number of aliphatic carboxylic acids is 1. The lowest BCUT2D eigenvalue weighted by Gasteiger charge is -2.11. The molecular weight excluding hydrogens is 317 g/mol. The lowest BCUT2D eigenvalue weighted by Crippen LogP contribution is -2.11. The summed E-state index contributed by atoms with van der Waals surface area (Å²) in [7, 11) is 1.70. The zero-order valence-electron chi connectivity index (χ0n) is 11.8. The van der Waals surface area contributed by atoms with Crippen LogP contribution in [0.3, 0.4) is 0 Å². The maximum Gasteiger partial charge on any atom is 0.418 e. The standard InChI is InChI=1S/C14H13F3N2O2S/c1-8-7-19(2)13(22-8)18-11-4-3-9(6-12(20)21)5-10(11)14(15,16)17/h3-5,7H,6H2,1-2H3,(H,20,21). The first-order valence-corrected chi connectivity index (χ1v) is 7.08. The van der Waals surface area contributed by atoms with Gasteiger partial charge in [0.15, 0.2) is 4.80 Å². The minimum atomic E-state index is -4.60. The Labute approximate surface area is 128 Å². The molecule has 0 spiro atoms. The summed E-state index contributed by atoms with van der Waals surface area (Å²) in [4.78, 5) is 16.1. The highest BCUT2D eigenvalue weighted by atomic mass is 32.1. The number of carboxylic acid groups (broad SMARTS) is 1. The van der Waals surface area contributed by atoms with E-state index < -0.39 is 24.1 Å². The van der Waals surface area contributed by atoms with Crippen molar-refractivity contribution in [2.24, 2.45) is 12.0 Å². The molecule has 0 atom stereocenters. The van der Waals surface area contributed by atoms with Crippen molar-refractivity contribution < 1.29 is 23.1 Å². The van der Waals surface area contributed by atoms with Crippen LogP contribution in [0.2, 0.25) is 0 Å². The molecule has 0 fully saturated rings. The van der Waals surface area contributed by atoms with Crippen molar-refractivity contribution in [2.45, 2.75) is 19.5 Å². The molecule has 0 amide bonds. The lowest BCUT2D eigenvalue weighted by molar-refractivity contribution is -0.138. The smallest absolute Gasteiger partial charge is 0.418 e. The van der Waals surface area contributed by atoms with Gasteiger partial charge in [0.1, 0.15) is 0 Å². The average molecular weight is 330 g/mol. The summed E-state index contributed by atoms with van der Waals surface area (Å²) >= 11 is 1.28. The van der Waals surface area contributed by atoms with Crippen molar-refractivity contribution in [1.82, 2.24) is 4.57 Å². The molecule has 118 valence electrons. The Bertz CT molecular complexity index is 775. The summed E-state index contributed by atoms with van der Waals surface area (Å²) in [6, 6.07) is 3.40. The van der Waals surface area contributed by atoms with Crippen LogP contribution in [0.1, 0.15) is 16.0 Å². The third-order valence-electron chi connectivity index (χ3n) is 2.87. The third kappa shape index (κ3) is 3.76. The van der Waals surface area contributed by atoms with E-state index in [9.17, 15) is 18.0 Å². The number of alkyl halides is 3. The van der Waals surface area contributed by atoms with E-state index >= 15 is 0 Å². The summed E-state index contributed by atoms with van der Waals surface area (Å²) in [5.74, 6) is -1.18. The van der Waals surface area contributed by atoms with Gasteiger partial charge in [0.25, 0.3) is 0 Å². The maximum absolute atomic E-state index is 13.2. The molecule has 1 aromatic carbocycles. The number of aromatic nitrogens is 1. The second-order valence-electron chi connectivity index (χ2n) is 4.77. The highest BCUT2D eigenvalue weighted by molar-refractivity contribution is 7.09. The van der Waals surface area contributed by atoms with E-state index in [-0.39, 0.29) is 11.3 Å². The van der Waals surface area contributed by atoms with E-state index in [0.29, 0.717) is 4.80 Å². The van der Waals surface area contributed by atoms with Crippen molar-refractivity contribution in [2.75, 3.05) is 0 Å². The molecule has 1 aromatic heterocycles. The summed E-state index contributed by atoms with van der Waals surface area (Å²) in [6.45, 7) is 1.84. The van der Waals surface area contributed by atoms with Crippen LogP contribution in [-0.2, 0) is 24.4 Å². The summed E-state index contributed by atoms with van der Waals surface area (Å²) in [5, 5.41) is 8.70. The second kappa shape index (κ2) is 5.96. The molecule has 0 unspecified atom stereocenters. The van der Waals surface area contributed by atoms with Crippen LogP contribution in [-0.4, -0.2) is 15.6 Å². The van der Waals surface area contributed by atoms with E-state index in [1.807, 2.05) is 6.92 Å². The number of carbonyl (C=O) groups is 1. The van der Waals surface area contributed by atoms with Gasteiger partial charge >= 0.3 is 12.1 Å². The normalized spacial score (nSPS) is 12.7. The molecule has 1 N–H and O–H groups in total. The molecule has 22 heavy (non-hydrogen) atoms. The minimum Gasteiger partial charge on any atom is -0.481 e. The van der Waals surface area contributed by atoms with Crippen LogP contribution in [0.15, 0.2) is 29.4 Å². The Morgan fingerprint density at radius 3 is 2.59 bits per heavy atom. The summed E-state index contributed by atoms with van der Waals surface area (Å²) in [5.41, 5.74) is -1.07. The van der Waals surface area contributed by atoms with Crippen molar-refractivity contribution in [3.05, 3.63) is 45.2 Å². The Balaban J connectivity index is 2.58. The number of aryl methyl sites for hydroxylation is 2. The molecule has 2 aromatic rings. The Morgan fingerprint density at radius 1 is 1.41 bits per heavy atom. The highest BCUT2D eigenvalue weighted by Gasteiger charge is 2.34. The zero-order chi connectivity index (χ0) is 16.5. The number of carboxylic acids is 1. The number of nitrogens with zero attached hydrogens (tertiary/aromatic N) is 2. The fourth-order valence-electron chi connectivity index (χ4n) is 1.97. The van der Waals surface area contributed by atoms with Crippen LogP contribution in [0, 0.1) is 6.92 Å². The van der Waals surface area contributed by atoms with E-state index in [2.05, 4.69) is 4.99 Å². The van der Waals surface area contributed by atoms with Crippen molar-refractivity contribution in [3.8, 4) is 0 Å². The molecule has 0 aliphatic rings. The van der Waals surface area contributed by atoms with Crippen molar-refractivity contribution >= 4 is 23.0 Å². The monoisotopic (exact) mass is 330 g/mol. The fraction of sp³-hybridized carbons (Fsp3) is 0.286. The van der Waals surface area contributed by atoms with Gasteiger partial charge < -0.3 is 9.67 Å².